The maximum atomic E-state index is 10.7. The Labute approximate surface area is 63.3 Å². The standard InChI is InChI=1S/C7H8N2O2/c1-5(10)8-6-3-2-4-7(11)9-6/h2-4H,1H3,(H2,8,9,10,11). The Hall–Kier alpha value is -1.58. The van der Waals surface area contributed by atoms with Gasteiger partial charge >= 0.3 is 0 Å². The van der Waals surface area contributed by atoms with Gasteiger partial charge < -0.3 is 10.3 Å². The van der Waals surface area contributed by atoms with Gasteiger partial charge in [-0.25, -0.2) is 0 Å². The Kier molecular flexibility index (Phi) is 2.06. The first-order valence-corrected chi connectivity index (χ1v) is 3.15. The minimum atomic E-state index is -0.226. The number of carbonyl (C=O) groups is 1. The van der Waals surface area contributed by atoms with E-state index in [9.17, 15) is 9.59 Å². The molecular weight excluding hydrogens is 144 g/mol. The number of H-pyrrole nitrogens is 1. The van der Waals surface area contributed by atoms with Crippen molar-refractivity contribution in [2.45, 2.75) is 6.92 Å². The number of hydrogen-bond donors (Lipinski definition) is 2. The van der Waals surface area contributed by atoms with Crippen LogP contribution >= 0.6 is 0 Å². The van der Waals surface area contributed by atoms with Crippen LogP contribution in [0.2, 0.25) is 0 Å². The SMILES string of the molecule is CC(=O)Nc1cccc(=O)[nH]1. The van der Waals surface area contributed by atoms with E-state index in [2.05, 4.69) is 10.3 Å². The number of aromatic amines is 1. The number of rotatable bonds is 1. The van der Waals surface area contributed by atoms with Gasteiger partial charge in [0, 0.05) is 13.0 Å². The second-order valence-corrected chi connectivity index (χ2v) is 2.11. The number of aromatic nitrogens is 1. The molecule has 0 saturated heterocycles. The van der Waals surface area contributed by atoms with Crippen LogP contribution in [0.25, 0.3) is 0 Å². The third-order valence-corrected chi connectivity index (χ3v) is 1.08. The molecular formula is C7H8N2O2. The van der Waals surface area contributed by atoms with E-state index >= 15 is 0 Å². The number of nitrogens with one attached hydrogen (secondary N) is 2. The van der Waals surface area contributed by atoms with Crippen LogP contribution in [0.5, 0.6) is 0 Å². The summed E-state index contributed by atoms with van der Waals surface area (Å²) in [6.45, 7) is 1.38. The van der Waals surface area contributed by atoms with E-state index in [1.807, 2.05) is 0 Å². The molecule has 0 aliphatic heterocycles. The molecule has 0 radical (unpaired) electrons. The summed E-state index contributed by atoms with van der Waals surface area (Å²) >= 11 is 0. The smallest absolute Gasteiger partial charge is 0.249 e. The average Bonchev–Trinajstić information content (AvgIpc) is 1.85. The van der Waals surface area contributed by atoms with Crippen LogP contribution in [0.3, 0.4) is 0 Å². The van der Waals surface area contributed by atoms with Crippen molar-refractivity contribution in [3.8, 4) is 0 Å². The lowest BCUT2D eigenvalue weighted by Crippen LogP contribution is -2.12. The first-order valence-electron chi connectivity index (χ1n) is 3.15. The Balaban J connectivity index is 2.88. The summed E-state index contributed by atoms with van der Waals surface area (Å²) in [6.07, 6.45) is 0. The lowest BCUT2D eigenvalue weighted by Gasteiger charge is -1.98. The van der Waals surface area contributed by atoms with E-state index in [0.29, 0.717) is 5.82 Å². The Bertz CT molecular complexity index is 316. The molecule has 11 heavy (non-hydrogen) atoms. The summed E-state index contributed by atoms with van der Waals surface area (Å²) in [5.41, 5.74) is -0.226. The van der Waals surface area contributed by atoms with Crippen LogP contribution in [0, 0.1) is 0 Å². The summed E-state index contributed by atoms with van der Waals surface area (Å²) in [6, 6.07) is 4.57. The zero-order chi connectivity index (χ0) is 8.27. The number of hydrogen-bond acceptors (Lipinski definition) is 2. The van der Waals surface area contributed by atoms with Gasteiger partial charge in [0.2, 0.25) is 11.5 Å². The maximum Gasteiger partial charge on any atom is 0.249 e. The van der Waals surface area contributed by atoms with Gasteiger partial charge in [0.15, 0.2) is 0 Å². The van der Waals surface area contributed by atoms with Crippen LogP contribution in [0.4, 0.5) is 5.82 Å². The minimum Gasteiger partial charge on any atom is -0.312 e. The molecule has 4 nitrogen and oxygen atoms in total. The van der Waals surface area contributed by atoms with Gasteiger partial charge in [0.1, 0.15) is 5.82 Å². The molecule has 1 rings (SSSR count). The highest BCUT2D eigenvalue weighted by atomic mass is 16.1. The molecule has 58 valence electrons. The van der Waals surface area contributed by atoms with Gasteiger partial charge in [0.25, 0.3) is 0 Å². The highest BCUT2D eigenvalue weighted by Crippen LogP contribution is 1.95. The molecule has 1 aromatic rings. The Morgan fingerprint density at radius 3 is 2.82 bits per heavy atom. The fourth-order valence-electron chi connectivity index (χ4n) is 0.710. The molecule has 0 saturated carbocycles. The molecule has 0 aliphatic rings. The summed E-state index contributed by atoms with van der Waals surface area (Å²) in [5, 5.41) is 2.45. The zero-order valence-electron chi connectivity index (χ0n) is 6.05. The van der Waals surface area contributed by atoms with Crippen molar-refractivity contribution >= 4 is 11.7 Å². The van der Waals surface area contributed by atoms with Crippen molar-refractivity contribution in [2.24, 2.45) is 0 Å². The lowest BCUT2D eigenvalue weighted by atomic mass is 10.4. The molecule has 0 atom stereocenters. The normalized spacial score (nSPS) is 9.18. The van der Waals surface area contributed by atoms with E-state index in [1.165, 1.54) is 13.0 Å². The number of pyridine rings is 1. The van der Waals surface area contributed by atoms with Gasteiger partial charge in [-0.05, 0) is 6.07 Å². The molecule has 1 aromatic heterocycles. The van der Waals surface area contributed by atoms with Crippen molar-refractivity contribution in [1.82, 2.24) is 4.98 Å². The van der Waals surface area contributed by atoms with Crippen LogP contribution in [0.1, 0.15) is 6.92 Å². The van der Waals surface area contributed by atoms with Crippen LogP contribution in [-0.2, 0) is 4.79 Å². The van der Waals surface area contributed by atoms with Crippen molar-refractivity contribution in [2.75, 3.05) is 5.32 Å². The highest BCUT2D eigenvalue weighted by Gasteiger charge is 1.93. The average molecular weight is 152 g/mol. The van der Waals surface area contributed by atoms with Crippen molar-refractivity contribution in [3.05, 3.63) is 28.6 Å². The quantitative estimate of drug-likeness (QED) is 0.609. The largest absolute Gasteiger partial charge is 0.312 e. The fraction of sp³-hybridized carbons (Fsp3) is 0.143. The first kappa shape index (κ1) is 7.53. The lowest BCUT2D eigenvalue weighted by molar-refractivity contribution is -0.114. The van der Waals surface area contributed by atoms with Gasteiger partial charge in [-0.15, -0.1) is 0 Å². The molecule has 2 N–H and O–H groups in total. The number of anilines is 1. The van der Waals surface area contributed by atoms with Gasteiger partial charge in [-0.2, -0.15) is 0 Å². The van der Waals surface area contributed by atoms with Gasteiger partial charge in [0.05, 0.1) is 0 Å². The zero-order valence-corrected chi connectivity index (χ0v) is 6.05. The van der Waals surface area contributed by atoms with Crippen molar-refractivity contribution < 1.29 is 4.79 Å². The van der Waals surface area contributed by atoms with Crippen molar-refractivity contribution in [1.29, 1.82) is 0 Å². The Morgan fingerprint density at radius 2 is 2.27 bits per heavy atom. The predicted molar refractivity (Wildman–Crippen MR) is 41.4 cm³/mol. The molecule has 0 fully saturated rings. The van der Waals surface area contributed by atoms with Crippen LogP contribution in [-0.4, -0.2) is 10.9 Å². The molecule has 1 heterocycles. The maximum absolute atomic E-state index is 10.7. The van der Waals surface area contributed by atoms with Crippen LogP contribution < -0.4 is 10.9 Å². The highest BCUT2D eigenvalue weighted by molar-refractivity contribution is 5.87. The fourth-order valence-corrected chi connectivity index (χ4v) is 0.710. The molecule has 0 spiro atoms. The third-order valence-electron chi connectivity index (χ3n) is 1.08. The topological polar surface area (TPSA) is 62.0 Å². The van der Waals surface area contributed by atoms with Crippen LogP contribution in [0.15, 0.2) is 23.0 Å². The number of carbonyl (C=O) groups excluding carboxylic acids is 1. The minimum absolute atomic E-state index is 0.202. The molecule has 0 bridgehead atoms. The molecule has 0 aromatic carbocycles. The summed E-state index contributed by atoms with van der Waals surface area (Å²) < 4.78 is 0. The van der Waals surface area contributed by atoms with E-state index in [-0.39, 0.29) is 11.5 Å². The monoisotopic (exact) mass is 152 g/mol. The van der Waals surface area contributed by atoms with E-state index in [4.69, 9.17) is 0 Å². The second-order valence-electron chi connectivity index (χ2n) is 2.11. The molecule has 0 unspecified atom stereocenters. The first-order chi connectivity index (χ1) is 5.18. The summed E-state index contributed by atoms with van der Waals surface area (Å²) in [5.74, 6) is 0.219. The second kappa shape index (κ2) is 3.01. The predicted octanol–water partition coefficient (Wildman–Crippen LogP) is 0.333. The van der Waals surface area contributed by atoms with Crippen molar-refractivity contribution in [3.63, 3.8) is 0 Å². The molecule has 1 amide bonds. The van der Waals surface area contributed by atoms with E-state index in [1.54, 1.807) is 12.1 Å². The van der Waals surface area contributed by atoms with E-state index in [0.717, 1.165) is 0 Å². The van der Waals surface area contributed by atoms with Gasteiger partial charge in [-0.3, -0.25) is 9.59 Å². The molecule has 4 heteroatoms. The van der Waals surface area contributed by atoms with E-state index < -0.39 is 0 Å². The van der Waals surface area contributed by atoms with Gasteiger partial charge in [-0.1, -0.05) is 6.07 Å². The number of amides is 1. The Morgan fingerprint density at radius 1 is 1.55 bits per heavy atom. The summed E-state index contributed by atoms with van der Waals surface area (Å²) in [4.78, 5) is 23.6. The summed E-state index contributed by atoms with van der Waals surface area (Å²) in [7, 11) is 0. The third kappa shape index (κ3) is 2.25. The molecule has 0 aliphatic carbocycles.